The lowest BCUT2D eigenvalue weighted by Gasteiger charge is -2.43. The highest BCUT2D eigenvalue weighted by atomic mass is 19.4. The van der Waals surface area contributed by atoms with Gasteiger partial charge in [-0.15, -0.1) is 0 Å². The van der Waals surface area contributed by atoms with E-state index in [-0.39, 0.29) is 32.6 Å². The molecule has 2 N–H and O–H groups in total. The summed E-state index contributed by atoms with van der Waals surface area (Å²) in [7, 11) is 0. The van der Waals surface area contributed by atoms with Crippen molar-refractivity contribution in [2.45, 2.75) is 24.7 Å². The summed E-state index contributed by atoms with van der Waals surface area (Å²) >= 11 is 0. The molecular formula is C16H16F3N3O4. The molecule has 2 aliphatic heterocycles. The summed E-state index contributed by atoms with van der Waals surface area (Å²) in [5.41, 5.74) is -1.72. The number of hydrogen-bond donors (Lipinski definition) is 2. The molecule has 7 nitrogen and oxygen atoms in total. The molecule has 1 aromatic rings. The van der Waals surface area contributed by atoms with E-state index in [1.807, 2.05) is 0 Å². The lowest BCUT2D eigenvalue weighted by molar-refractivity contribution is -0.153. The first-order valence-electron chi connectivity index (χ1n) is 7.86. The summed E-state index contributed by atoms with van der Waals surface area (Å²) in [4.78, 5) is 38.3. The fourth-order valence-electron chi connectivity index (χ4n) is 3.36. The SMILES string of the molecule is O=C(O)N1CC[C@]2(C1)C(=O)NCC(=O)N2Cc1ccc(C(F)(F)F)cc1. The van der Waals surface area contributed by atoms with Gasteiger partial charge in [0.1, 0.15) is 5.54 Å². The Morgan fingerprint density at radius 3 is 2.42 bits per heavy atom. The zero-order valence-corrected chi connectivity index (χ0v) is 13.5. The molecule has 0 aliphatic carbocycles. The summed E-state index contributed by atoms with van der Waals surface area (Å²) in [6, 6.07) is 4.32. The van der Waals surface area contributed by atoms with Crippen LogP contribution in [0.2, 0.25) is 0 Å². The molecule has 140 valence electrons. The zero-order valence-electron chi connectivity index (χ0n) is 13.5. The van der Waals surface area contributed by atoms with E-state index in [0.29, 0.717) is 5.56 Å². The summed E-state index contributed by atoms with van der Waals surface area (Å²) in [6.07, 6.45) is -5.52. The van der Waals surface area contributed by atoms with Crippen LogP contribution in [0.1, 0.15) is 17.5 Å². The molecule has 2 saturated heterocycles. The van der Waals surface area contributed by atoms with Crippen molar-refractivity contribution >= 4 is 17.9 Å². The maximum atomic E-state index is 12.7. The topological polar surface area (TPSA) is 90.0 Å². The van der Waals surface area contributed by atoms with Gasteiger partial charge in [-0.25, -0.2) is 4.79 Å². The maximum absolute atomic E-state index is 12.7. The molecule has 3 amide bonds. The van der Waals surface area contributed by atoms with Crippen molar-refractivity contribution < 1.29 is 32.7 Å². The zero-order chi connectivity index (χ0) is 19.1. The Kier molecular flexibility index (Phi) is 4.29. The minimum atomic E-state index is -4.46. The van der Waals surface area contributed by atoms with E-state index in [1.165, 1.54) is 17.0 Å². The molecule has 0 bridgehead atoms. The van der Waals surface area contributed by atoms with Gasteiger partial charge in [-0.1, -0.05) is 12.1 Å². The third-order valence-corrected chi connectivity index (χ3v) is 4.78. The molecule has 2 fully saturated rings. The quantitative estimate of drug-likeness (QED) is 0.820. The second kappa shape index (κ2) is 6.19. The number of benzene rings is 1. The van der Waals surface area contributed by atoms with Crippen LogP contribution in [0, 0.1) is 0 Å². The maximum Gasteiger partial charge on any atom is 0.416 e. The number of piperazine rings is 1. The van der Waals surface area contributed by atoms with Gasteiger partial charge in [0.15, 0.2) is 0 Å². The largest absolute Gasteiger partial charge is 0.465 e. The number of hydrogen-bond acceptors (Lipinski definition) is 3. The van der Waals surface area contributed by atoms with Gasteiger partial charge in [-0.05, 0) is 24.1 Å². The first-order valence-corrected chi connectivity index (χ1v) is 7.86. The number of halogens is 3. The Bertz CT molecular complexity index is 750. The van der Waals surface area contributed by atoms with Crippen molar-refractivity contribution in [1.82, 2.24) is 15.1 Å². The van der Waals surface area contributed by atoms with Crippen LogP contribution in [0.4, 0.5) is 18.0 Å². The van der Waals surface area contributed by atoms with E-state index in [1.54, 1.807) is 0 Å². The van der Waals surface area contributed by atoms with Crippen LogP contribution in [0.25, 0.3) is 0 Å². The van der Waals surface area contributed by atoms with Crippen LogP contribution in [0.3, 0.4) is 0 Å². The van der Waals surface area contributed by atoms with E-state index in [4.69, 9.17) is 5.11 Å². The Hall–Kier alpha value is -2.78. The number of carbonyl (C=O) groups is 3. The molecule has 2 heterocycles. The number of nitrogens with zero attached hydrogens (tertiary/aromatic N) is 2. The smallest absolute Gasteiger partial charge is 0.416 e. The van der Waals surface area contributed by atoms with Crippen LogP contribution >= 0.6 is 0 Å². The van der Waals surface area contributed by atoms with Crippen LogP contribution in [0.5, 0.6) is 0 Å². The first-order chi connectivity index (χ1) is 12.1. The van der Waals surface area contributed by atoms with Gasteiger partial charge in [0, 0.05) is 13.1 Å². The number of carbonyl (C=O) groups excluding carboxylic acids is 2. The monoisotopic (exact) mass is 371 g/mol. The Balaban J connectivity index is 1.87. The predicted molar refractivity (Wildman–Crippen MR) is 81.9 cm³/mol. The first kappa shape index (κ1) is 18.0. The number of amides is 3. The Labute approximate surface area is 146 Å². The van der Waals surface area contributed by atoms with Gasteiger partial charge in [0.05, 0.1) is 18.7 Å². The normalized spacial score (nSPS) is 23.5. The van der Waals surface area contributed by atoms with E-state index >= 15 is 0 Å². The van der Waals surface area contributed by atoms with Gasteiger partial charge >= 0.3 is 12.3 Å². The van der Waals surface area contributed by atoms with Crippen molar-refractivity contribution in [2.24, 2.45) is 0 Å². The second-order valence-electron chi connectivity index (χ2n) is 6.34. The van der Waals surface area contributed by atoms with Crippen LogP contribution in [-0.2, 0) is 22.3 Å². The minimum absolute atomic E-state index is 0.0716. The van der Waals surface area contributed by atoms with E-state index in [2.05, 4.69) is 5.32 Å². The number of nitrogens with one attached hydrogen (secondary N) is 1. The average molecular weight is 371 g/mol. The highest BCUT2D eigenvalue weighted by molar-refractivity contribution is 5.98. The van der Waals surface area contributed by atoms with Gasteiger partial charge in [0.2, 0.25) is 11.8 Å². The standard InChI is InChI=1S/C16H16F3N3O4/c17-16(18,19)11-3-1-10(2-4-11)8-22-12(23)7-20-13(24)15(22)5-6-21(9-15)14(25)26/h1-4H,5-9H2,(H,20,24)(H,25,26)/t15-/m0/s1. The fraction of sp³-hybridized carbons (Fsp3) is 0.438. The molecule has 0 saturated carbocycles. The lowest BCUT2D eigenvalue weighted by Crippen LogP contribution is -2.68. The summed E-state index contributed by atoms with van der Waals surface area (Å²) in [5.74, 6) is -0.857. The molecule has 0 radical (unpaired) electrons. The summed E-state index contributed by atoms with van der Waals surface area (Å²) in [6.45, 7) is -0.369. The van der Waals surface area contributed by atoms with E-state index < -0.39 is 35.2 Å². The summed E-state index contributed by atoms with van der Waals surface area (Å²) < 4.78 is 38.0. The van der Waals surface area contributed by atoms with Gasteiger partial charge in [-0.3, -0.25) is 9.59 Å². The molecule has 10 heteroatoms. The van der Waals surface area contributed by atoms with E-state index in [0.717, 1.165) is 17.0 Å². The van der Waals surface area contributed by atoms with Crippen LogP contribution in [-0.4, -0.2) is 58.0 Å². The Morgan fingerprint density at radius 2 is 1.88 bits per heavy atom. The van der Waals surface area contributed by atoms with Crippen LogP contribution in [0.15, 0.2) is 24.3 Å². The minimum Gasteiger partial charge on any atom is -0.465 e. The lowest BCUT2D eigenvalue weighted by atomic mass is 9.91. The number of carboxylic acid groups (broad SMARTS) is 1. The van der Waals surface area contributed by atoms with Crippen molar-refractivity contribution in [2.75, 3.05) is 19.6 Å². The predicted octanol–water partition coefficient (Wildman–Crippen LogP) is 1.29. The van der Waals surface area contributed by atoms with Crippen molar-refractivity contribution in [3.8, 4) is 0 Å². The summed E-state index contributed by atoms with van der Waals surface area (Å²) in [5, 5.41) is 11.6. The number of alkyl halides is 3. The molecule has 26 heavy (non-hydrogen) atoms. The molecule has 1 aromatic carbocycles. The molecule has 1 spiro atoms. The van der Waals surface area contributed by atoms with Gasteiger partial charge in [0.25, 0.3) is 0 Å². The van der Waals surface area contributed by atoms with Gasteiger partial charge in [-0.2, -0.15) is 13.2 Å². The molecule has 2 aliphatic rings. The second-order valence-corrected chi connectivity index (χ2v) is 6.34. The fourth-order valence-corrected chi connectivity index (χ4v) is 3.36. The highest BCUT2D eigenvalue weighted by Crippen LogP contribution is 2.33. The van der Waals surface area contributed by atoms with E-state index in [9.17, 15) is 27.6 Å². The number of rotatable bonds is 2. The molecule has 1 atom stereocenters. The molecule has 0 aromatic heterocycles. The number of likely N-dealkylation sites (tertiary alicyclic amines) is 1. The molecule has 0 unspecified atom stereocenters. The third-order valence-electron chi connectivity index (χ3n) is 4.78. The molecular weight excluding hydrogens is 355 g/mol. The van der Waals surface area contributed by atoms with Crippen molar-refractivity contribution in [3.05, 3.63) is 35.4 Å². The molecule has 3 rings (SSSR count). The highest BCUT2D eigenvalue weighted by Gasteiger charge is 2.54. The Morgan fingerprint density at radius 1 is 1.23 bits per heavy atom. The van der Waals surface area contributed by atoms with Crippen molar-refractivity contribution in [1.29, 1.82) is 0 Å². The van der Waals surface area contributed by atoms with Gasteiger partial charge < -0.3 is 20.2 Å². The third kappa shape index (κ3) is 3.06. The van der Waals surface area contributed by atoms with Crippen LogP contribution < -0.4 is 5.32 Å². The van der Waals surface area contributed by atoms with Crippen molar-refractivity contribution in [3.63, 3.8) is 0 Å². The average Bonchev–Trinajstić information content (AvgIpc) is 3.02.